The highest BCUT2D eigenvalue weighted by molar-refractivity contribution is 5.66. The van der Waals surface area contributed by atoms with Gasteiger partial charge < -0.3 is 15.6 Å². The van der Waals surface area contributed by atoms with Crippen LogP contribution in [-0.2, 0) is 9.53 Å². The predicted molar refractivity (Wildman–Crippen MR) is 43.8 cm³/mol. The van der Waals surface area contributed by atoms with Gasteiger partial charge in [0.25, 0.3) is 0 Å². The molecule has 3 N–H and O–H groups in total. The molecule has 0 aromatic carbocycles. The standard InChI is InChI=1S/C8H15NO3/c9-6-2-1-3-7(6)12-5-4-8(10)11/h6-7H,1-5,9H2,(H,10,11)/t6-,7-/m1/s1. The zero-order valence-corrected chi connectivity index (χ0v) is 7.03. The lowest BCUT2D eigenvalue weighted by molar-refractivity contribution is -0.138. The van der Waals surface area contributed by atoms with Gasteiger partial charge in [-0.05, 0) is 19.3 Å². The first-order valence-electron chi connectivity index (χ1n) is 4.29. The van der Waals surface area contributed by atoms with E-state index in [4.69, 9.17) is 15.6 Å². The molecule has 1 fully saturated rings. The largest absolute Gasteiger partial charge is 0.481 e. The highest BCUT2D eigenvalue weighted by Gasteiger charge is 2.24. The number of rotatable bonds is 4. The number of hydrogen-bond acceptors (Lipinski definition) is 3. The second-order valence-corrected chi connectivity index (χ2v) is 3.15. The fraction of sp³-hybridized carbons (Fsp3) is 0.875. The zero-order chi connectivity index (χ0) is 8.97. The molecule has 1 aliphatic rings. The maximum atomic E-state index is 10.1. The molecule has 0 heterocycles. The Kier molecular flexibility index (Phi) is 3.49. The van der Waals surface area contributed by atoms with E-state index in [1.54, 1.807) is 0 Å². The Bertz CT molecular complexity index is 160. The highest BCUT2D eigenvalue weighted by Crippen LogP contribution is 2.20. The van der Waals surface area contributed by atoms with E-state index in [1.807, 2.05) is 0 Å². The minimum Gasteiger partial charge on any atom is -0.481 e. The molecule has 1 aliphatic carbocycles. The second-order valence-electron chi connectivity index (χ2n) is 3.15. The number of carboxylic acid groups (broad SMARTS) is 1. The Hall–Kier alpha value is -0.610. The average Bonchev–Trinajstić information content (AvgIpc) is 2.36. The summed E-state index contributed by atoms with van der Waals surface area (Å²) in [4.78, 5) is 10.1. The molecule has 1 saturated carbocycles. The Morgan fingerprint density at radius 2 is 2.33 bits per heavy atom. The molecule has 2 atom stereocenters. The first-order valence-corrected chi connectivity index (χ1v) is 4.29. The molecule has 0 saturated heterocycles. The van der Waals surface area contributed by atoms with Gasteiger partial charge in [-0.15, -0.1) is 0 Å². The monoisotopic (exact) mass is 173 g/mol. The van der Waals surface area contributed by atoms with Crippen LogP contribution in [0.4, 0.5) is 0 Å². The van der Waals surface area contributed by atoms with Gasteiger partial charge in [-0.2, -0.15) is 0 Å². The van der Waals surface area contributed by atoms with Crippen molar-refractivity contribution in [3.63, 3.8) is 0 Å². The van der Waals surface area contributed by atoms with Gasteiger partial charge >= 0.3 is 5.97 Å². The van der Waals surface area contributed by atoms with E-state index < -0.39 is 5.97 Å². The van der Waals surface area contributed by atoms with Gasteiger partial charge in [0.05, 0.1) is 19.1 Å². The van der Waals surface area contributed by atoms with Crippen molar-refractivity contribution in [2.45, 2.75) is 37.8 Å². The topological polar surface area (TPSA) is 72.5 Å². The summed E-state index contributed by atoms with van der Waals surface area (Å²) in [5.41, 5.74) is 5.72. The first kappa shape index (κ1) is 9.48. The van der Waals surface area contributed by atoms with Gasteiger partial charge in [0.1, 0.15) is 0 Å². The Morgan fingerprint density at radius 1 is 1.58 bits per heavy atom. The van der Waals surface area contributed by atoms with Crippen LogP contribution in [0, 0.1) is 0 Å². The van der Waals surface area contributed by atoms with Crippen LogP contribution in [0.5, 0.6) is 0 Å². The van der Waals surface area contributed by atoms with Crippen LogP contribution in [0.25, 0.3) is 0 Å². The van der Waals surface area contributed by atoms with Crippen molar-refractivity contribution in [1.82, 2.24) is 0 Å². The smallest absolute Gasteiger partial charge is 0.305 e. The highest BCUT2D eigenvalue weighted by atomic mass is 16.5. The van der Waals surface area contributed by atoms with Gasteiger partial charge in [-0.3, -0.25) is 4.79 Å². The predicted octanol–water partition coefficient (Wildman–Crippen LogP) is 0.357. The summed E-state index contributed by atoms with van der Waals surface area (Å²) in [6, 6.07) is 0.110. The number of nitrogens with two attached hydrogens (primary N) is 1. The van der Waals surface area contributed by atoms with E-state index in [9.17, 15) is 4.79 Å². The SMILES string of the molecule is N[C@@H]1CCC[C@H]1OCCC(=O)O. The van der Waals surface area contributed by atoms with Crippen molar-refractivity contribution in [3.05, 3.63) is 0 Å². The third kappa shape index (κ3) is 2.79. The molecule has 1 rings (SSSR count). The normalized spacial score (nSPS) is 29.1. The summed E-state index contributed by atoms with van der Waals surface area (Å²) in [7, 11) is 0. The van der Waals surface area contributed by atoms with Gasteiger partial charge in [-0.25, -0.2) is 0 Å². The number of carbonyl (C=O) groups is 1. The van der Waals surface area contributed by atoms with Crippen molar-refractivity contribution in [3.8, 4) is 0 Å². The minimum absolute atomic E-state index is 0.0726. The average molecular weight is 173 g/mol. The third-order valence-corrected chi connectivity index (χ3v) is 2.15. The lowest BCUT2D eigenvalue weighted by Gasteiger charge is -2.15. The Labute approximate surface area is 71.7 Å². The van der Waals surface area contributed by atoms with Gasteiger partial charge in [0.2, 0.25) is 0 Å². The van der Waals surface area contributed by atoms with Crippen LogP contribution in [0.2, 0.25) is 0 Å². The van der Waals surface area contributed by atoms with Crippen LogP contribution >= 0.6 is 0 Å². The minimum atomic E-state index is -0.818. The van der Waals surface area contributed by atoms with E-state index in [2.05, 4.69) is 0 Å². The fourth-order valence-electron chi connectivity index (χ4n) is 1.46. The number of aliphatic carboxylic acids is 1. The number of carboxylic acids is 1. The molecule has 0 unspecified atom stereocenters. The summed E-state index contributed by atoms with van der Waals surface area (Å²) < 4.78 is 5.32. The molecule has 4 nitrogen and oxygen atoms in total. The van der Waals surface area contributed by atoms with Gasteiger partial charge in [0.15, 0.2) is 0 Å². The first-order chi connectivity index (χ1) is 5.70. The Morgan fingerprint density at radius 3 is 2.83 bits per heavy atom. The molecule has 0 aliphatic heterocycles. The summed E-state index contributed by atoms with van der Waals surface area (Å²) in [6.45, 7) is 0.285. The lowest BCUT2D eigenvalue weighted by atomic mass is 10.2. The molecular weight excluding hydrogens is 158 g/mol. The Balaban J connectivity index is 2.10. The fourth-order valence-corrected chi connectivity index (χ4v) is 1.46. The maximum absolute atomic E-state index is 10.1. The van der Waals surface area contributed by atoms with Crippen LogP contribution < -0.4 is 5.73 Å². The third-order valence-electron chi connectivity index (χ3n) is 2.15. The molecule has 4 heteroatoms. The molecule has 70 valence electrons. The van der Waals surface area contributed by atoms with Crippen LogP contribution in [0.15, 0.2) is 0 Å². The molecular formula is C8H15NO3. The van der Waals surface area contributed by atoms with Crippen molar-refractivity contribution in [1.29, 1.82) is 0 Å². The molecule has 0 radical (unpaired) electrons. The summed E-state index contributed by atoms with van der Waals surface area (Å²) >= 11 is 0. The number of hydrogen-bond donors (Lipinski definition) is 2. The molecule has 0 bridgehead atoms. The van der Waals surface area contributed by atoms with Crippen LogP contribution in [0.3, 0.4) is 0 Å². The van der Waals surface area contributed by atoms with Gasteiger partial charge in [0, 0.05) is 6.04 Å². The van der Waals surface area contributed by atoms with Gasteiger partial charge in [-0.1, -0.05) is 0 Å². The van der Waals surface area contributed by atoms with E-state index in [1.165, 1.54) is 0 Å². The van der Waals surface area contributed by atoms with Crippen molar-refractivity contribution >= 4 is 5.97 Å². The van der Waals surface area contributed by atoms with Crippen LogP contribution in [0.1, 0.15) is 25.7 Å². The van der Waals surface area contributed by atoms with E-state index in [0.29, 0.717) is 0 Å². The molecule has 0 aromatic heterocycles. The van der Waals surface area contributed by atoms with Crippen molar-refractivity contribution < 1.29 is 14.6 Å². The van der Waals surface area contributed by atoms with Crippen molar-refractivity contribution in [2.24, 2.45) is 5.73 Å². The zero-order valence-electron chi connectivity index (χ0n) is 7.03. The molecule has 12 heavy (non-hydrogen) atoms. The van der Waals surface area contributed by atoms with Crippen LogP contribution in [-0.4, -0.2) is 29.8 Å². The lowest BCUT2D eigenvalue weighted by Crippen LogP contribution is -2.31. The molecule has 0 aromatic rings. The summed E-state index contributed by atoms with van der Waals surface area (Å²) in [6.07, 6.45) is 3.23. The summed E-state index contributed by atoms with van der Waals surface area (Å²) in [5.74, 6) is -0.818. The molecule has 0 spiro atoms. The van der Waals surface area contributed by atoms with E-state index >= 15 is 0 Å². The van der Waals surface area contributed by atoms with E-state index in [-0.39, 0.29) is 25.2 Å². The van der Waals surface area contributed by atoms with Crippen molar-refractivity contribution in [2.75, 3.05) is 6.61 Å². The summed E-state index contributed by atoms with van der Waals surface area (Å²) in [5, 5.41) is 8.34. The maximum Gasteiger partial charge on any atom is 0.305 e. The second kappa shape index (κ2) is 4.42. The quantitative estimate of drug-likeness (QED) is 0.643. The number of ether oxygens (including phenoxy) is 1. The molecule has 0 amide bonds. The van der Waals surface area contributed by atoms with E-state index in [0.717, 1.165) is 19.3 Å².